The lowest BCUT2D eigenvalue weighted by Crippen LogP contribution is -2.48. The predicted octanol–water partition coefficient (Wildman–Crippen LogP) is 2.22. The molecular weight excluding hydrogens is 360 g/mol. The smallest absolute Gasteiger partial charge is 0.262 e. The molecule has 0 atom stereocenters. The van der Waals surface area contributed by atoms with E-state index in [0.29, 0.717) is 40.8 Å². The van der Waals surface area contributed by atoms with Crippen LogP contribution in [0, 0.1) is 0 Å². The van der Waals surface area contributed by atoms with E-state index in [0.717, 1.165) is 12.2 Å². The van der Waals surface area contributed by atoms with Gasteiger partial charge in [-0.3, -0.25) is 19.5 Å². The maximum atomic E-state index is 12.7. The van der Waals surface area contributed by atoms with Crippen LogP contribution in [-0.2, 0) is 0 Å². The minimum absolute atomic E-state index is 0.144. The molecule has 144 valence electrons. The van der Waals surface area contributed by atoms with Gasteiger partial charge in [0.05, 0.1) is 32.0 Å². The fraction of sp³-hybridized carbons (Fsp3) is 0.250. The number of ether oxygens (including phenoxy) is 2. The number of carbonyl (C=O) groups is 2. The summed E-state index contributed by atoms with van der Waals surface area (Å²) in [7, 11) is 4.76. The zero-order valence-electron chi connectivity index (χ0n) is 15.9. The van der Waals surface area contributed by atoms with Crippen molar-refractivity contribution in [2.24, 2.45) is 4.99 Å². The molecule has 2 aliphatic heterocycles. The monoisotopic (exact) mass is 380 g/mol. The van der Waals surface area contributed by atoms with Gasteiger partial charge in [0.1, 0.15) is 0 Å². The van der Waals surface area contributed by atoms with Gasteiger partial charge in [-0.15, -0.1) is 0 Å². The van der Waals surface area contributed by atoms with E-state index < -0.39 is 0 Å². The summed E-state index contributed by atoms with van der Waals surface area (Å²) in [6.45, 7) is 1.39. The van der Waals surface area contributed by atoms with Crippen molar-refractivity contribution in [3.05, 3.63) is 47.5 Å². The molecule has 8 heteroatoms. The van der Waals surface area contributed by atoms with Crippen molar-refractivity contribution in [3.8, 4) is 11.5 Å². The second kappa shape index (κ2) is 6.88. The molecule has 8 nitrogen and oxygen atoms in total. The minimum Gasteiger partial charge on any atom is -0.493 e. The van der Waals surface area contributed by atoms with Crippen molar-refractivity contribution in [2.75, 3.05) is 44.6 Å². The molecular formula is C20H20N4O4. The standard InChI is InChI=1S/C20H20N4O4/c1-23-19(26)14-11-13(5-6-15(14)24-9-8-21-20(23)24)22-18(25)12-4-7-16(27-2)17(10-12)28-3/h4-7,10-11H,8-9H2,1-3H3,(H,22,25). The molecule has 0 saturated carbocycles. The molecule has 0 aliphatic carbocycles. The Morgan fingerprint density at radius 1 is 1.11 bits per heavy atom. The first kappa shape index (κ1) is 17.8. The molecule has 0 bridgehead atoms. The van der Waals surface area contributed by atoms with Crippen molar-refractivity contribution >= 4 is 29.1 Å². The Kier molecular flexibility index (Phi) is 4.38. The van der Waals surface area contributed by atoms with Gasteiger partial charge >= 0.3 is 0 Å². The number of nitrogens with one attached hydrogen (secondary N) is 1. The summed E-state index contributed by atoms with van der Waals surface area (Å²) in [4.78, 5) is 33.3. The van der Waals surface area contributed by atoms with E-state index in [1.807, 2.05) is 11.0 Å². The van der Waals surface area contributed by atoms with Gasteiger partial charge in [0.15, 0.2) is 11.5 Å². The highest BCUT2D eigenvalue weighted by atomic mass is 16.5. The summed E-state index contributed by atoms with van der Waals surface area (Å²) < 4.78 is 10.4. The number of fused-ring (bicyclic) bond motifs is 3. The molecule has 2 heterocycles. The maximum absolute atomic E-state index is 12.7. The van der Waals surface area contributed by atoms with E-state index in [4.69, 9.17) is 9.47 Å². The molecule has 2 aromatic carbocycles. The van der Waals surface area contributed by atoms with Crippen molar-refractivity contribution in [2.45, 2.75) is 0 Å². The number of methoxy groups -OCH3 is 2. The zero-order chi connectivity index (χ0) is 19.8. The molecule has 0 radical (unpaired) electrons. The fourth-order valence-electron chi connectivity index (χ4n) is 3.42. The van der Waals surface area contributed by atoms with Gasteiger partial charge in [-0.1, -0.05) is 0 Å². The van der Waals surface area contributed by atoms with Gasteiger partial charge in [0, 0.05) is 24.8 Å². The lowest BCUT2D eigenvalue weighted by molar-refractivity contribution is 0.0865. The lowest BCUT2D eigenvalue weighted by atomic mass is 10.1. The van der Waals surface area contributed by atoms with Crippen LogP contribution in [0.1, 0.15) is 20.7 Å². The van der Waals surface area contributed by atoms with Crippen LogP contribution in [-0.4, -0.2) is 57.0 Å². The number of hydrogen-bond donors (Lipinski definition) is 1. The van der Waals surface area contributed by atoms with Gasteiger partial charge in [-0.05, 0) is 36.4 Å². The topological polar surface area (TPSA) is 83.5 Å². The summed E-state index contributed by atoms with van der Waals surface area (Å²) in [5.74, 6) is 1.23. The first-order valence-corrected chi connectivity index (χ1v) is 8.81. The molecule has 28 heavy (non-hydrogen) atoms. The molecule has 0 aromatic heterocycles. The Balaban J connectivity index is 1.61. The number of amides is 2. The second-order valence-corrected chi connectivity index (χ2v) is 6.45. The van der Waals surface area contributed by atoms with E-state index in [1.165, 1.54) is 19.1 Å². The summed E-state index contributed by atoms with van der Waals surface area (Å²) in [5.41, 5.74) is 2.31. The third-order valence-electron chi connectivity index (χ3n) is 4.84. The van der Waals surface area contributed by atoms with Crippen LogP contribution in [0.25, 0.3) is 0 Å². The molecule has 4 rings (SSSR count). The van der Waals surface area contributed by atoms with Crippen molar-refractivity contribution in [1.82, 2.24) is 4.90 Å². The van der Waals surface area contributed by atoms with Crippen molar-refractivity contribution in [3.63, 3.8) is 0 Å². The van der Waals surface area contributed by atoms with Gasteiger partial charge in [0.2, 0.25) is 5.96 Å². The second-order valence-electron chi connectivity index (χ2n) is 6.45. The summed E-state index contributed by atoms with van der Waals surface area (Å²) in [5, 5.41) is 2.84. The zero-order valence-corrected chi connectivity index (χ0v) is 15.9. The quantitative estimate of drug-likeness (QED) is 0.879. The number of hydrogen-bond acceptors (Lipinski definition) is 6. The molecule has 0 unspecified atom stereocenters. The summed E-state index contributed by atoms with van der Waals surface area (Å²) in [6, 6.07) is 10.3. The van der Waals surface area contributed by atoms with Crippen molar-refractivity contribution < 1.29 is 19.1 Å². The molecule has 0 fully saturated rings. The average Bonchev–Trinajstić information content (AvgIpc) is 3.21. The van der Waals surface area contributed by atoms with Crippen LogP contribution in [0.4, 0.5) is 11.4 Å². The van der Waals surface area contributed by atoms with Crippen LogP contribution >= 0.6 is 0 Å². The number of carbonyl (C=O) groups excluding carboxylic acids is 2. The fourth-order valence-corrected chi connectivity index (χ4v) is 3.42. The van der Waals surface area contributed by atoms with Crippen LogP contribution in [0.3, 0.4) is 0 Å². The normalized spacial score (nSPS) is 15.0. The minimum atomic E-state index is -0.305. The predicted molar refractivity (Wildman–Crippen MR) is 106 cm³/mol. The van der Waals surface area contributed by atoms with Crippen LogP contribution in [0.2, 0.25) is 0 Å². The lowest BCUT2D eigenvalue weighted by Gasteiger charge is -2.33. The molecule has 2 amide bonds. The summed E-state index contributed by atoms with van der Waals surface area (Å²) >= 11 is 0. The largest absolute Gasteiger partial charge is 0.493 e. The van der Waals surface area contributed by atoms with Crippen molar-refractivity contribution in [1.29, 1.82) is 0 Å². The maximum Gasteiger partial charge on any atom is 0.262 e. The number of anilines is 2. The number of benzene rings is 2. The third-order valence-corrected chi connectivity index (χ3v) is 4.84. The van der Waals surface area contributed by atoms with E-state index >= 15 is 0 Å². The third kappa shape index (κ3) is 2.83. The molecule has 2 aliphatic rings. The Hall–Kier alpha value is -3.55. The van der Waals surface area contributed by atoms with Gasteiger partial charge in [-0.2, -0.15) is 0 Å². The van der Waals surface area contributed by atoms with Gasteiger partial charge in [-0.25, -0.2) is 0 Å². The molecule has 1 N–H and O–H groups in total. The van der Waals surface area contributed by atoms with E-state index in [1.54, 1.807) is 37.4 Å². The van der Waals surface area contributed by atoms with Crippen LogP contribution in [0.15, 0.2) is 41.4 Å². The van der Waals surface area contributed by atoms with E-state index in [-0.39, 0.29) is 11.8 Å². The molecule has 0 spiro atoms. The first-order valence-electron chi connectivity index (χ1n) is 8.81. The number of guanidine groups is 1. The highest BCUT2D eigenvalue weighted by Crippen LogP contribution is 2.32. The Labute approximate surface area is 162 Å². The molecule has 2 aromatic rings. The summed E-state index contributed by atoms with van der Waals surface area (Å²) in [6.07, 6.45) is 0. The molecule has 0 saturated heterocycles. The van der Waals surface area contributed by atoms with Crippen LogP contribution in [0.5, 0.6) is 11.5 Å². The first-order chi connectivity index (χ1) is 13.5. The van der Waals surface area contributed by atoms with Gasteiger partial charge in [0.25, 0.3) is 11.8 Å². The number of rotatable bonds is 4. The van der Waals surface area contributed by atoms with E-state index in [9.17, 15) is 9.59 Å². The SMILES string of the molecule is COc1ccc(C(=O)Nc2ccc3c(c2)C(=O)N(C)C2=NCCN23)cc1OC. The Morgan fingerprint density at radius 3 is 2.64 bits per heavy atom. The highest BCUT2D eigenvalue weighted by molar-refractivity contribution is 6.19. The highest BCUT2D eigenvalue weighted by Gasteiger charge is 2.35. The Morgan fingerprint density at radius 2 is 1.89 bits per heavy atom. The van der Waals surface area contributed by atoms with Crippen LogP contribution < -0.4 is 19.7 Å². The van der Waals surface area contributed by atoms with E-state index in [2.05, 4.69) is 10.3 Å². The number of aliphatic imine (C=N–C) groups is 1. The number of nitrogens with zero attached hydrogens (tertiary/aromatic N) is 3. The Bertz CT molecular complexity index is 1000. The average molecular weight is 380 g/mol. The van der Waals surface area contributed by atoms with Gasteiger partial charge < -0.3 is 19.7 Å².